The third-order valence-electron chi connectivity index (χ3n) is 3.12. The monoisotopic (exact) mass is 325 g/mol. The molecular weight excluding hydrogens is 306 g/mol. The normalized spacial score (nSPS) is 12.3. The van der Waals surface area contributed by atoms with Gasteiger partial charge in [-0.1, -0.05) is 67.4 Å². The van der Waals surface area contributed by atoms with Crippen LogP contribution in [0.3, 0.4) is 0 Å². The number of allylic oxidation sites excluding steroid dienone is 1. The van der Waals surface area contributed by atoms with Crippen molar-refractivity contribution in [2.75, 3.05) is 5.33 Å². The molecule has 0 aliphatic carbocycles. The van der Waals surface area contributed by atoms with Crippen LogP contribution in [0.1, 0.15) is 44.7 Å². The van der Waals surface area contributed by atoms with Gasteiger partial charge < -0.3 is 0 Å². The second-order valence-corrected chi connectivity index (χ2v) is 5.80. The van der Waals surface area contributed by atoms with Crippen LogP contribution >= 0.6 is 15.9 Å². The summed E-state index contributed by atoms with van der Waals surface area (Å²) in [6.07, 6.45) is 2.02. The van der Waals surface area contributed by atoms with Crippen molar-refractivity contribution in [2.45, 2.75) is 33.6 Å². The largest absolute Gasteiger partial charge is 0.273 e. The van der Waals surface area contributed by atoms with E-state index in [4.69, 9.17) is 0 Å². The average Bonchev–Trinajstić information content (AvgIpc) is 2.34. The topological polar surface area (TPSA) is 43.1 Å². The first-order valence-electron chi connectivity index (χ1n) is 6.41. The maximum absolute atomic E-state index is 11.1. The van der Waals surface area contributed by atoms with Gasteiger partial charge in [-0.15, -0.1) is 0 Å². The Balaban J connectivity index is 3.26. The molecule has 4 heteroatoms. The quantitative estimate of drug-likeness (QED) is 0.426. The molecule has 0 atom stereocenters. The molecule has 1 aromatic carbocycles. The lowest BCUT2D eigenvalue weighted by molar-refractivity contribution is -0.385. The molecule has 0 heterocycles. The van der Waals surface area contributed by atoms with Crippen LogP contribution < -0.4 is 0 Å². The molecule has 1 aromatic rings. The molecule has 0 aliphatic rings. The SMILES string of the molecule is CC(C)C(=Cc1ccc(C(C)C)c([N+](=O)[O-])c1)CBr. The van der Waals surface area contributed by atoms with Gasteiger partial charge in [0, 0.05) is 17.0 Å². The molecule has 0 saturated carbocycles. The molecule has 0 radical (unpaired) electrons. The van der Waals surface area contributed by atoms with Crippen LogP contribution in [-0.2, 0) is 0 Å². The van der Waals surface area contributed by atoms with Gasteiger partial charge in [-0.25, -0.2) is 0 Å². The summed E-state index contributed by atoms with van der Waals surface area (Å²) in [7, 11) is 0. The number of hydrogen-bond donors (Lipinski definition) is 0. The smallest absolute Gasteiger partial charge is 0.258 e. The predicted molar refractivity (Wildman–Crippen MR) is 83.8 cm³/mol. The maximum atomic E-state index is 11.1. The average molecular weight is 326 g/mol. The lowest BCUT2D eigenvalue weighted by atomic mass is 9.97. The number of alkyl halides is 1. The molecule has 0 amide bonds. The highest BCUT2D eigenvalue weighted by Gasteiger charge is 2.16. The van der Waals surface area contributed by atoms with E-state index in [1.807, 2.05) is 32.1 Å². The molecular formula is C15H20BrNO2. The van der Waals surface area contributed by atoms with E-state index < -0.39 is 0 Å². The first kappa shape index (κ1) is 15.9. The van der Waals surface area contributed by atoms with Gasteiger partial charge in [0.1, 0.15) is 0 Å². The van der Waals surface area contributed by atoms with Crippen LogP contribution in [0, 0.1) is 16.0 Å². The van der Waals surface area contributed by atoms with Crippen LogP contribution in [0.4, 0.5) is 5.69 Å². The van der Waals surface area contributed by atoms with Gasteiger partial charge in [-0.05, 0) is 17.4 Å². The first-order chi connectivity index (χ1) is 8.86. The Morgan fingerprint density at radius 3 is 2.42 bits per heavy atom. The van der Waals surface area contributed by atoms with Gasteiger partial charge in [-0.2, -0.15) is 0 Å². The first-order valence-corrected chi connectivity index (χ1v) is 7.53. The molecule has 0 fully saturated rings. The van der Waals surface area contributed by atoms with Crippen LogP contribution in [0.5, 0.6) is 0 Å². The van der Waals surface area contributed by atoms with E-state index in [1.165, 1.54) is 5.57 Å². The lowest BCUT2D eigenvalue weighted by Crippen LogP contribution is -1.99. The summed E-state index contributed by atoms with van der Waals surface area (Å²) in [5.74, 6) is 0.572. The molecule has 0 spiro atoms. The van der Waals surface area contributed by atoms with Crippen molar-refractivity contribution < 1.29 is 4.92 Å². The highest BCUT2D eigenvalue weighted by Crippen LogP contribution is 2.28. The van der Waals surface area contributed by atoms with Crippen LogP contribution in [0.25, 0.3) is 6.08 Å². The number of halogens is 1. The molecule has 0 unspecified atom stereocenters. The van der Waals surface area contributed by atoms with E-state index in [0.717, 1.165) is 16.5 Å². The van der Waals surface area contributed by atoms with Crippen LogP contribution in [0.2, 0.25) is 0 Å². The minimum atomic E-state index is -0.296. The number of benzene rings is 1. The van der Waals surface area contributed by atoms with Crippen LogP contribution in [0.15, 0.2) is 23.8 Å². The van der Waals surface area contributed by atoms with Crippen molar-refractivity contribution in [3.63, 3.8) is 0 Å². The second-order valence-electron chi connectivity index (χ2n) is 5.24. The van der Waals surface area contributed by atoms with Crippen molar-refractivity contribution in [1.29, 1.82) is 0 Å². The Bertz CT molecular complexity index is 493. The van der Waals surface area contributed by atoms with Gasteiger partial charge >= 0.3 is 0 Å². The van der Waals surface area contributed by atoms with E-state index in [1.54, 1.807) is 6.07 Å². The zero-order valence-electron chi connectivity index (χ0n) is 11.8. The van der Waals surface area contributed by atoms with Gasteiger partial charge in [0.05, 0.1) is 4.92 Å². The minimum Gasteiger partial charge on any atom is -0.258 e. The van der Waals surface area contributed by atoms with E-state index in [-0.39, 0.29) is 16.5 Å². The maximum Gasteiger partial charge on any atom is 0.273 e. The third kappa shape index (κ3) is 4.16. The summed E-state index contributed by atoms with van der Waals surface area (Å²) < 4.78 is 0. The van der Waals surface area contributed by atoms with E-state index in [0.29, 0.717) is 5.92 Å². The fourth-order valence-electron chi connectivity index (χ4n) is 1.87. The summed E-state index contributed by atoms with van der Waals surface area (Å²) in [6, 6.07) is 5.48. The zero-order chi connectivity index (χ0) is 14.6. The number of nitro groups is 1. The molecule has 1 rings (SSSR count). The highest BCUT2D eigenvalue weighted by atomic mass is 79.9. The molecule has 104 valence electrons. The third-order valence-corrected chi connectivity index (χ3v) is 3.77. The lowest BCUT2D eigenvalue weighted by Gasteiger charge is -2.10. The standard InChI is InChI=1S/C15H20BrNO2/c1-10(2)13(9-16)7-12-5-6-14(11(3)4)15(8-12)17(18)19/h5-8,10-11H,9H2,1-4H3. The Morgan fingerprint density at radius 1 is 1.37 bits per heavy atom. The zero-order valence-corrected chi connectivity index (χ0v) is 13.4. The molecule has 0 aromatic heterocycles. The van der Waals surface area contributed by atoms with Gasteiger partial charge in [0.25, 0.3) is 5.69 Å². The summed E-state index contributed by atoms with van der Waals surface area (Å²) in [6.45, 7) is 8.17. The van der Waals surface area contributed by atoms with Crippen molar-refractivity contribution in [1.82, 2.24) is 0 Å². The highest BCUT2D eigenvalue weighted by molar-refractivity contribution is 9.09. The predicted octanol–water partition coefficient (Wildman–Crippen LogP) is 5.15. The Morgan fingerprint density at radius 2 is 2.00 bits per heavy atom. The molecule has 3 nitrogen and oxygen atoms in total. The minimum absolute atomic E-state index is 0.152. The van der Waals surface area contributed by atoms with Crippen molar-refractivity contribution in [3.8, 4) is 0 Å². The number of hydrogen-bond acceptors (Lipinski definition) is 2. The summed E-state index contributed by atoms with van der Waals surface area (Å²) in [4.78, 5) is 10.8. The van der Waals surface area contributed by atoms with E-state index in [2.05, 4.69) is 29.8 Å². The molecule has 0 bridgehead atoms. The molecule has 19 heavy (non-hydrogen) atoms. The van der Waals surface area contributed by atoms with Gasteiger partial charge in [0.15, 0.2) is 0 Å². The Hall–Kier alpha value is -1.16. The van der Waals surface area contributed by atoms with Crippen molar-refractivity contribution >= 4 is 27.7 Å². The Kier molecular flexibility index (Phi) is 5.73. The molecule has 0 N–H and O–H groups in total. The number of nitrogens with zero attached hydrogens (tertiary/aromatic N) is 1. The Labute approximate surface area is 123 Å². The number of nitro benzene ring substituents is 1. The van der Waals surface area contributed by atoms with Crippen molar-refractivity contribution in [3.05, 3.63) is 45.0 Å². The van der Waals surface area contributed by atoms with Gasteiger partial charge in [0.2, 0.25) is 0 Å². The second kappa shape index (κ2) is 6.85. The summed E-state index contributed by atoms with van der Waals surface area (Å²) in [5.41, 5.74) is 3.11. The van der Waals surface area contributed by atoms with Crippen LogP contribution in [-0.4, -0.2) is 10.3 Å². The summed E-state index contributed by atoms with van der Waals surface area (Å²) in [5, 5.41) is 11.9. The van der Waals surface area contributed by atoms with Gasteiger partial charge in [-0.3, -0.25) is 10.1 Å². The summed E-state index contributed by atoms with van der Waals surface area (Å²) >= 11 is 3.46. The molecule has 0 aliphatic heterocycles. The van der Waals surface area contributed by atoms with E-state index >= 15 is 0 Å². The fourth-order valence-corrected chi connectivity index (χ4v) is 2.68. The number of rotatable bonds is 5. The molecule has 0 saturated heterocycles. The van der Waals surface area contributed by atoms with E-state index in [9.17, 15) is 10.1 Å². The van der Waals surface area contributed by atoms with Crippen molar-refractivity contribution in [2.24, 2.45) is 5.92 Å². The fraction of sp³-hybridized carbons (Fsp3) is 0.467.